The lowest BCUT2D eigenvalue weighted by Gasteiger charge is -2.13. The van der Waals surface area contributed by atoms with Crippen molar-refractivity contribution in [1.29, 1.82) is 0 Å². The van der Waals surface area contributed by atoms with Crippen molar-refractivity contribution < 1.29 is 14.2 Å². The molecule has 0 saturated heterocycles. The minimum Gasteiger partial charge on any atom is -0.493 e. The molecular weight excluding hydrogens is 228 g/mol. The van der Waals surface area contributed by atoms with Crippen LogP contribution in [0.25, 0.3) is 6.08 Å². The Morgan fingerprint density at radius 3 is 1.83 bits per heavy atom. The molecule has 0 spiro atoms. The highest BCUT2D eigenvalue weighted by molar-refractivity contribution is 5.67. The summed E-state index contributed by atoms with van der Waals surface area (Å²) >= 11 is 0. The monoisotopic (exact) mass is 244 g/mol. The van der Waals surface area contributed by atoms with E-state index in [0.717, 1.165) is 11.1 Å². The molecule has 0 fully saturated rings. The van der Waals surface area contributed by atoms with Gasteiger partial charge in [0.1, 0.15) is 0 Å². The third-order valence-electron chi connectivity index (χ3n) is 2.71. The van der Waals surface area contributed by atoms with Crippen LogP contribution in [-0.4, -0.2) is 21.3 Å². The summed E-state index contributed by atoms with van der Waals surface area (Å²) in [6.45, 7) is 0. The van der Waals surface area contributed by atoms with Crippen LogP contribution >= 0.6 is 0 Å². The highest BCUT2D eigenvalue weighted by Crippen LogP contribution is 2.38. The fourth-order valence-electron chi connectivity index (χ4n) is 1.86. The van der Waals surface area contributed by atoms with Gasteiger partial charge in [-0.05, 0) is 29.3 Å². The Balaban J connectivity index is 2.46. The second-order valence-corrected chi connectivity index (χ2v) is 3.82. The standard InChI is InChI=1S/C15H16O3/c1-16-13-9-12(8-11-6-4-5-7-11)10-14(17-2)15(13)18-3/h4-10H,1-3H3. The van der Waals surface area contributed by atoms with Crippen molar-refractivity contribution in [2.45, 2.75) is 0 Å². The van der Waals surface area contributed by atoms with Crippen molar-refractivity contribution in [3.63, 3.8) is 0 Å². The van der Waals surface area contributed by atoms with Gasteiger partial charge in [-0.15, -0.1) is 0 Å². The zero-order valence-corrected chi connectivity index (χ0v) is 10.8. The van der Waals surface area contributed by atoms with Gasteiger partial charge in [0.15, 0.2) is 11.5 Å². The molecule has 94 valence electrons. The van der Waals surface area contributed by atoms with Crippen LogP contribution in [0.1, 0.15) is 5.56 Å². The number of allylic oxidation sites excluding steroid dienone is 5. The number of benzene rings is 1. The van der Waals surface area contributed by atoms with E-state index in [9.17, 15) is 0 Å². The zero-order chi connectivity index (χ0) is 13.0. The van der Waals surface area contributed by atoms with E-state index in [2.05, 4.69) is 6.08 Å². The summed E-state index contributed by atoms with van der Waals surface area (Å²) in [5, 5.41) is 0. The summed E-state index contributed by atoms with van der Waals surface area (Å²) in [6, 6.07) is 3.85. The molecule has 0 saturated carbocycles. The van der Waals surface area contributed by atoms with Gasteiger partial charge in [-0.2, -0.15) is 0 Å². The summed E-state index contributed by atoms with van der Waals surface area (Å²) in [7, 11) is 4.83. The fourth-order valence-corrected chi connectivity index (χ4v) is 1.86. The van der Waals surface area contributed by atoms with Crippen molar-refractivity contribution in [1.82, 2.24) is 0 Å². The van der Waals surface area contributed by atoms with Crippen molar-refractivity contribution in [2.24, 2.45) is 0 Å². The van der Waals surface area contributed by atoms with E-state index in [1.165, 1.54) is 0 Å². The highest BCUT2D eigenvalue weighted by Gasteiger charge is 2.12. The lowest BCUT2D eigenvalue weighted by Crippen LogP contribution is -1.95. The molecule has 0 radical (unpaired) electrons. The van der Waals surface area contributed by atoms with Crippen LogP contribution < -0.4 is 14.2 Å². The predicted molar refractivity (Wildman–Crippen MR) is 72.4 cm³/mol. The molecule has 0 aromatic heterocycles. The molecular formula is C15H16O3. The van der Waals surface area contributed by atoms with E-state index < -0.39 is 0 Å². The first-order valence-electron chi connectivity index (χ1n) is 5.65. The molecule has 0 N–H and O–H groups in total. The first-order valence-corrected chi connectivity index (χ1v) is 5.65. The van der Waals surface area contributed by atoms with Crippen LogP contribution in [0.3, 0.4) is 0 Å². The van der Waals surface area contributed by atoms with Crippen LogP contribution in [-0.2, 0) is 0 Å². The molecule has 1 aliphatic carbocycles. The Morgan fingerprint density at radius 2 is 1.39 bits per heavy atom. The summed E-state index contributed by atoms with van der Waals surface area (Å²) in [4.78, 5) is 0. The predicted octanol–water partition coefficient (Wildman–Crippen LogP) is 3.22. The Kier molecular flexibility index (Phi) is 3.72. The van der Waals surface area contributed by atoms with Gasteiger partial charge in [-0.3, -0.25) is 0 Å². The summed E-state index contributed by atoms with van der Waals surface area (Å²) in [5.41, 5.74) is 2.15. The molecule has 3 heteroatoms. The van der Waals surface area contributed by atoms with E-state index >= 15 is 0 Å². The van der Waals surface area contributed by atoms with Gasteiger partial charge in [-0.1, -0.05) is 24.3 Å². The maximum Gasteiger partial charge on any atom is 0.203 e. The van der Waals surface area contributed by atoms with Crippen molar-refractivity contribution >= 4 is 6.08 Å². The topological polar surface area (TPSA) is 27.7 Å². The van der Waals surface area contributed by atoms with Gasteiger partial charge in [0.25, 0.3) is 0 Å². The second kappa shape index (κ2) is 5.45. The quantitative estimate of drug-likeness (QED) is 0.814. The van der Waals surface area contributed by atoms with Gasteiger partial charge in [0.2, 0.25) is 5.75 Å². The average Bonchev–Trinajstić information content (AvgIpc) is 2.90. The third kappa shape index (κ3) is 2.40. The zero-order valence-electron chi connectivity index (χ0n) is 10.8. The third-order valence-corrected chi connectivity index (χ3v) is 2.71. The summed E-state index contributed by atoms with van der Waals surface area (Å²) in [6.07, 6.45) is 10.2. The Hall–Kier alpha value is -2.16. The molecule has 0 heterocycles. The van der Waals surface area contributed by atoms with Crippen molar-refractivity contribution in [3.05, 3.63) is 47.6 Å². The average molecular weight is 244 g/mol. The molecule has 1 aliphatic rings. The van der Waals surface area contributed by atoms with Crippen LogP contribution in [0.4, 0.5) is 0 Å². The molecule has 0 unspecified atom stereocenters. The summed E-state index contributed by atoms with van der Waals surface area (Å²) in [5.74, 6) is 1.93. The van der Waals surface area contributed by atoms with Crippen LogP contribution in [0.2, 0.25) is 0 Å². The van der Waals surface area contributed by atoms with Crippen LogP contribution in [0.15, 0.2) is 42.0 Å². The molecule has 18 heavy (non-hydrogen) atoms. The number of ether oxygens (including phenoxy) is 3. The molecule has 0 amide bonds. The lowest BCUT2D eigenvalue weighted by atomic mass is 10.1. The maximum absolute atomic E-state index is 5.31. The molecule has 1 aromatic rings. The fraction of sp³-hybridized carbons (Fsp3) is 0.200. The summed E-state index contributed by atoms with van der Waals surface area (Å²) < 4.78 is 15.9. The van der Waals surface area contributed by atoms with Gasteiger partial charge < -0.3 is 14.2 Å². The minimum atomic E-state index is 0.611. The Morgan fingerprint density at radius 1 is 0.833 bits per heavy atom. The molecule has 0 bridgehead atoms. The first kappa shape index (κ1) is 12.3. The first-order chi connectivity index (χ1) is 8.78. The minimum absolute atomic E-state index is 0.611. The molecule has 2 rings (SSSR count). The Labute approximate surface area is 107 Å². The maximum atomic E-state index is 5.31. The highest BCUT2D eigenvalue weighted by atomic mass is 16.5. The largest absolute Gasteiger partial charge is 0.493 e. The number of rotatable bonds is 4. The van der Waals surface area contributed by atoms with E-state index in [4.69, 9.17) is 14.2 Å². The Bertz CT molecular complexity index is 486. The van der Waals surface area contributed by atoms with E-state index in [-0.39, 0.29) is 0 Å². The second-order valence-electron chi connectivity index (χ2n) is 3.82. The van der Waals surface area contributed by atoms with Gasteiger partial charge in [0.05, 0.1) is 21.3 Å². The van der Waals surface area contributed by atoms with Crippen LogP contribution in [0, 0.1) is 0 Å². The van der Waals surface area contributed by atoms with Gasteiger partial charge in [-0.25, -0.2) is 0 Å². The molecule has 1 aromatic carbocycles. The van der Waals surface area contributed by atoms with Crippen molar-refractivity contribution in [2.75, 3.05) is 21.3 Å². The van der Waals surface area contributed by atoms with E-state index in [1.807, 2.05) is 36.4 Å². The molecule has 0 aliphatic heterocycles. The molecule has 3 nitrogen and oxygen atoms in total. The van der Waals surface area contributed by atoms with E-state index in [0.29, 0.717) is 17.2 Å². The number of hydrogen-bond donors (Lipinski definition) is 0. The van der Waals surface area contributed by atoms with E-state index in [1.54, 1.807) is 21.3 Å². The number of hydrogen-bond acceptors (Lipinski definition) is 3. The van der Waals surface area contributed by atoms with Gasteiger partial charge >= 0.3 is 0 Å². The lowest BCUT2D eigenvalue weighted by molar-refractivity contribution is 0.324. The van der Waals surface area contributed by atoms with Crippen LogP contribution in [0.5, 0.6) is 17.2 Å². The number of methoxy groups -OCH3 is 3. The molecule has 0 atom stereocenters. The van der Waals surface area contributed by atoms with Gasteiger partial charge in [0, 0.05) is 0 Å². The van der Waals surface area contributed by atoms with Crippen molar-refractivity contribution in [3.8, 4) is 17.2 Å². The normalized spacial score (nSPS) is 12.7. The SMILES string of the molecule is COc1cc(C=C2C=CC=C2)cc(OC)c1OC. The smallest absolute Gasteiger partial charge is 0.203 e.